The van der Waals surface area contributed by atoms with Crippen molar-refractivity contribution in [2.24, 2.45) is 0 Å². The van der Waals surface area contributed by atoms with Gasteiger partial charge in [-0.15, -0.1) is 0 Å². The summed E-state index contributed by atoms with van der Waals surface area (Å²) in [6, 6.07) is 3.21. The molecule has 0 spiro atoms. The lowest BCUT2D eigenvalue weighted by Gasteiger charge is -2.26. The Kier molecular flexibility index (Phi) is 3.78. The number of nitrogens with zero attached hydrogens (tertiary/aromatic N) is 1. The number of anilines is 1. The van der Waals surface area contributed by atoms with Gasteiger partial charge in [-0.25, -0.2) is 9.78 Å². The molecule has 98 valence electrons. The average Bonchev–Trinajstić information content (AvgIpc) is 2.81. The highest BCUT2D eigenvalue weighted by Gasteiger charge is 2.35. The van der Waals surface area contributed by atoms with E-state index in [2.05, 4.69) is 15.6 Å². The first-order valence-electron chi connectivity index (χ1n) is 5.84. The Morgan fingerprint density at radius 1 is 1.61 bits per heavy atom. The van der Waals surface area contributed by atoms with Crippen molar-refractivity contribution in [2.45, 2.75) is 18.9 Å². The standard InChI is InChI=1S/C12H17N3O3/c1-9-2-3-10(13-6-9)14-11(17)15-12(7-16)4-5-18-8-12/h2-3,6,16H,4-5,7-8H2,1H3,(H2,13,14,15,17). The van der Waals surface area contributed by atoms with Crippen LogP contribution < -0.4 is 10.6 Å². The molecule has 1 saturated heterocycles. The molecule has 1 atom stereocenters. The molecule has 0 aliphatic carbocycles. The Morgan fingerprint density at radius 3 is 3.00 bits per heavy atom. The Hall–Kier alpha value is -1.66. The number of carbonyl (C=O) groups is 1. The summed E-state index contributed by atoms with van der Waals surface area (Å²) in [7, 11) is 0. The predicted molar refractivity (Wildman–Crippen MR) is 66.4 cm³/mol. The van der Waals surface area contributed by atoms with Gasteiger partial charge in [-0.2, -0.15) is 0 Å². The molecule has 1 unspecified atom stereocenters. The molecule has 1 aliphatic rings. The summed E-state index contributed by atoms with van der Waals surface area (Å²) in [5.41, 5.74) is 0.353. The van der Waals surface area contributed by atoms with E-state index in [0.717, 1.165) is 5.56 Å². The van der Waals surface area contributed by atoms with E-state index in [-0.39, 0.29) is 12.6 Å². The summed E-state index contributed by atoms with van der Waals surface area (Å²) < 4.78 is 5.20. The number of carbonyl (C=O) groups excluding carboxylic acids is 1. The van der Waals surface area contributed by atoms with Crippen molar-refractivity contribution >= 4 is 11.8 Å². The van der Waals surface area contributed by atoms with Gasteiger partial charge in [0.1, 0.15) is 5.82 Å². The van der Waals surface area contributed by atoms with Crippen LogP contribution in [0.2, 0.25) is 0 Å². The van der Waals surface area contributed by atoms with E-state index in [9.17, 15) is 9.90 Å². The van der Waals surface area contributed by atoms with Gasteiger partial charge in [0.2, 0.25) is 0 Å². The van der Waals surface area contributed by atoms with Gasteiger partial charge in [-0.3, -0.25) is 5.32 Å². The van der Waals surface area contributed by atoms with E-state index in [0.29, 0.717) is 25.5 Å². The van der Waals surface area contributed by atoms with Crippen LogP contribution in [0.4, 0.5) is 10.6 Å². The summed E-state index contributed by atoms with van der Waals surface area (Å²) >= 11 is 0. The number of hydrogen-bond donors (Lipinski definition) is 3. The van der Waals surface area contributed by atoms with Crippen LogP contribution in [0.5, 0.6) is 0 Å². The molecular weight excluding hydrogens is 234 g/mol. The van der Waals surface area contributed by atoms with Gasteiger partial charge in [0.15, 0.2) is 0 Å². The van der Waals surface area contributed by atoms with Gasteiger partial charge in [-0.05, 0) is 25.0 Å². The van der Waals surface area contributed by atoms with Gasteiger partial charge in [0, 0.05) is 12.8 Å². The van der Waals surface area contributed by atoms with Gasteiger partial charge in [0.05, 0.1) is 18.8 Å². The van der Waals surface area contributed by atoms with E-state index in [1.807, 2.05) is 13.0 Å². The van der Waals surface area contributed by atoms with Crippen molar-refractivity contribution in [2.75, 3.05) is 25.1 Å². The molecular formula is C12H17N3O3. The van der Waals surface area contributed by atoms with Crippen molar-refractivity contribution in [1.82, 2.24) is 10.3 Å². The number of aliphatic hydroxyl groups is 1. The van der Waals surface area contributed by atoms with Crippen molar-refractivity contribution < 1.29 is 14.6 Å². The molecule has 2 rings (SSSR count). The molecule has 1 fully saturated rings. The molecule has 18 heavy (non-hydrogen) atoms. The maximum absolute atomic E-state index is 11.8. The number of aromatic nitrogens is 1. The maximum Gasteiger partial charge on any atom is 0.320 e. The zero-order valence-electron chi connectivity index (χ0n) is 10.3. The lowest BCUT2D eigenvalue weighted by molar-refractivity contribution is 0.126. The lowest BCUT2D eigenvalue weighted by atomic mass is 10.0. The SMILES string of the molecule is Cc1ccc(NC(=O)NC2(CO)CCOC2)nc1. The maximum atomic E-state index is 11.8. The Morgan fingerprint density at radius 2 is 2.44 bits per heavy atom. The fraction of sp³-hybridized carbons (Fsp3) is 0.500. The number of aryl methyl sites for hydroxylation is 1. The number of rotatable bonds is 3. The molecule has 3 N–H and O–H groups in total. The molecule has 0 radical (unpaired) electrons. The van der Waals surface area contributed by atoms with Gasteiger partial charge < -0.3 is 15.2 Å². The first-order valence-corrected chi connectivity index (χ1v) is 5.84. The fourth-order valence-electron chi connectivity index (χ4n) is 1.80. The topological polar surface area (TPSA) is 83.5 Å². The largest absolute Gasteiger partial charge is 0.394 e. The molecule has 2 amide bonds. The van der Waals surface area contributed by atoms with E-state index < -0.39 is 5.54 Å². The third kappa shape index (κ3) is 2.96. The normalized spacial score (nSPS) is 22.8. The number of amides is 2. The van der Waals surface area contributed by atoms with Gasteiger partial charge in [-0.1, -0.05) is 6.07 Å². The molecule has 1 aromatic heterocycles. The summed E-state index contributed by atoms with van der Waals surface area (Å²) in [5, 5.41) is 14.7. The van der Waals surface area contributed by atoms with Crippen molar-refractivity contribution in [3.8, 4) is 0 Å². The fourth-order valence-corrected chi connectivity index (χ4v) is 1.80. The van der Waals surface area contributed by atoms with Crippen LogP contribution in [0.25, 0.3) is 0 Å². The Bertz CT molecular complexity index is 413. The number of aliphatic hydroxyl groups excluding tert-OH is 1. The first kappa shape index (κ1) is 12.8. The van der Waals surface area contributed by atoms with Crippen molar-refractivity contribution in [3.05, 3.63) is 23.9 Å². The number of nitrogens with one attached hydrogen (secondary N) is 2. The Balaban J connectivity index is 1.94. The minimum atomic E-state index is -0.672. The second kappa shape index (κ2) is 5.32. The van der Waals surface area contributed by atoms with Crippen LogP contribution in [0.15, 0.2) is 18.3 Å². The molecule has 1 aliphatic heterocycles. The van der Waals surface area contributed by atoms with Gasteiger partial charge >= 0.3 is 6.03 Å². The Labute approximate surface area is 105 Å². The molecule has 6 nitrogen and oxygen atoms in total. The van der Waals surface area contributed by atoms with E-state index in [1.165, 1.54) is 0 Å². The monoisotopic (exact) mass is 251 g/mol. The molecule has 0 bridgehead atoms. The second-order valence-electron chi connectivity index (χ2n) is 4.54. The number of pyridine rings is 1. The molecule has 6 heteroatoms. The van der Waals surface area contributed by atoms with E-state index in [4.69, 9.17) is 4.74 Å². The first-order chi connectivity index (χ1) is 8.63. The third-order valence-electron chi connectivity index (χ3n) is 2.94. The van der Waals surface area contributed by atoms with Crippen LogP contribution in [0, 0.1) is 6.92 Å². The van der Waals surface area contributed by atoms with Crippen molar-refractivity contribution in [3.63, 3.8) is 0 Å². The molecule has 0 aromatic carbocycles. The quantitative estimate of drug-likeness (QED) is 0.737. The minimum Gasteiger partial charge on any atom is -0.394 e. The predicted octanol–water partition coefficient (Wildman–Crippen LogP) is 0.663. The van der Waals surface area contributed by atoms with Gasteiger partial charge in [0.25, 0.3) is 0 Å². The molecule has 2 heterocycles. The van der Waals surface area contributed by atoms with E-state index in [1.54, 1.807) is 12.3 Å². The smallest absolute Gasteiger partial charge is 0.320 e. The summed E-state index contributed by atoms with van der Waals surface area (Å²) in [4.78, 5) is 15.9. The summed E-state index contributed by atoms with van der Waals surface area (Å²) in [5.74, 6) is 0.477. The van der Waals surface area contributed by atoms with Crippen LogP contribution >= 0.6 is 0 Å². The summed E-state index contributed by atoms with van der Waals surface area (Å²) in [6.07, 6.45) is 2.29. The molecule has 0 saturated carbocycles. The number of urea groups is 1. The summed E-state index contributed by atoms with van der Waals surface area (Å²) in [6.45, 7) is 2.66. The zero-order valence-corrected chi connectivity index (χ0v) is 10.3. The molecule has 1 aromatic rings. The lowest BCUT2D eigenvalue weighted by Crippen LogP contribution is -2.53. The van der Waals surface area contributed by atoms with Crippen LogP contribution in [0.1, 0.15) is 12.0 Å². The van der Waals surface area contributed by atoms with Crippen LogP contribution in [0.3, 0.4) is 0 Å². The highest BCUT2D eigenvalue weighted by Crippen LogP contribution is 2.18. The van der Waals surface area contributed by atoms with E-state index >= 15 is 0 Å². The second-order valence-corrected chi connectivity index (χ2v) is 4.54. The minimum absolute atomic E-state index is 0.137. The number of hydrogen-bond acceptors (Lipinski definition) is 4. The average molecular weight is 251 g/mol. The van der Waals surface area contributed by atoms with Crippen LogP contribution in [-0.4, -0.2) is 41.5 Å². The number of ether oxygens (including phenoxy) is 1. The van der Waals surface area contributed by atoms with Crippen LogP contribution in [-0.2, 0) is 4.74 Å². The van der Waals surface area contributed by atoms with Crippen molar-refractivity contribution in [1.29, 1.82) is 0 Å². The third-order valence-corrected chi connectivity index (χ3v) is 2.94. The highest BCUT2D eigenvalue weighted by molar-refractivity contribution is 5.88. The zero-order chi connectivity index (χ0) is 13.0. The highest BCUT2D eigenvalue weighted by atomic mass is 16.5.